The maximum Gasteiger partial charge on any atom is 0.225 e. The Morgan fingerprint density at radius 2 is 1.91 bits per heavy atom. The summed E-state index contributed by atoms with van der Waals surface area (Å²) in [6, 6.07) is 2.07. The molecule has 2 aromatic rings. The first-order valence-electron chi connectivity index (χ1n) is 8.03. The number of rotatable bonds is 1. The van der Waals surface area contributed by atoms with Crippen molar-refractivity contribution in [3.05, 3.63) is 46.0 Å². The van der Waals surface area contributed by atoms with Crippen LogP contribution in [0.5, 0.6) is 0 Å². The monoisotopic (exact) mass is 314 g/mol. The highest BCUT2D eigenvalue weighted by Gasteiger charge is 2.22. The van der Waals surface area contributed by atoms with Crippen molar-refractivity contribution in [2.45, 2.75) is 45.1 Å². The van der Waals surface area contributed by atoms with E-state index in [4.69, 9.17) is 16.6 Å². The third kappa shape index (κ3) is 2.56. The van der Waals surface area contributed by atoms with Crippen molar-refractivity contribution in [1.82, 2.24) is 15.0 Å². The summed E-state index contributed by atoms with van der Waals surface area (Å²) in [5, 5.41) is 0.608. The lowest BCUT2D eigenvalue weighted by molar-refractivity contribution is 0.694. The van der Waals surface area contributed by atoms with Gasteiger partial charge in [0.2, 0.25) is 5.95 Å². The van der Waals surface area contributed by atoms with E-state index in [0.717, 1.165) is 43.9 Å². The Balaban J connectivity index is 1.63. The summed E-state index contributed by atoms with van der Waals surface area (Å²) in [5.74, 6) is 0.839. The minimum absolute atomic E-state index is 0.608. The summed E-state index contributed by atoms with van der Waals surface area (Å²) < 4.78 is 0. The molecule has 0 saturated carbocycles. The summed E-state index contributed by atoms with van der Waals surface area (Å²) >= 11 is 6.25. The lowest BCUT2D eigenvalue weighted by Gasteiger charge is -2.29. The van der Waals surface area contributed by atoms with Crippen LogP contribution < -0.4 is 4.90 Å². The van der Waals surface area contributed by atoms with Gasteiger partial charge in [0.25, 0.3) is 0 Å². The van der Waals surface area contributed by atoms with Gasteiger partial charge in [0.15, 0.2) is 0 Å². The highest BCUT2D eigenvalue weighted by Crippen LogP contribution is 2.27. The van der Waals surface area contributed by atoms with E-state index in [9.17, 15) is 0 Å². The predicted molar refractivity (Wildman–Crippen MR) is 87.3 cm³/mol. The van der Waals surface area contributed by atoms with Crippen LogP contribution in [0.1, 0.15) is 41.6 Å². The van der Waals surface area contributed by atoms with Crippen molar-refractivity contribution in [1.29, 1.82) is 0 Å². The average Bonchev–Trinajstić information content (AvgIpc) is 2.79. The number of aromatic nitrogens is 3. The number of fused-ring (bicyclic) bond motifs is 2. The normalized spacial score (nSPS) is 17.6. The van der Waals surface area contributed by atoms with Crippen LogP contribution in [0.15, 0.2) is 18.5 Å². The van der Waals surface area contributed by atoms with Crippen molar-refractivity contribution in [3.63, 3.8) is 0 Å². The van der Waals surface area contributed by atoms with Crippen LogP contribution in [-0.4, -0.2) is 21.5 Å². The van der Waals surface area contributed by atoms with E-state index < -0.39 is 0 Å². The van der Waals surface area contributed by atoms with Gasteiger partial charge >= 0.3 is 0 Å². The highest BCUT2D eigenvalue weighted by atomic mass is 35.5. The molecule has 0 spiro atoms. The molecule has 2 aliphatic rings. The third-order valence-electron chi connectivity index (χ3n) is 4.68. The second-order valence-corrected chi connectivity index (χ2v) is 6.47. The number of halogens is 1. The van der Waals surface area contributed by atoms with Gasteiger partial charge in [-0.15, -0.1) is 0 Å². The molecule has 0 aromatic carbocycles. The molecule has 0 atom stereocenters. The number of pyridine rings is 1. The molecule has 5 heteroatoms. The third-order valence-corrected chi connectivity index (χ3v) is 5.01. The van der Waals surface area contributed by atoms with Gasteiger partial charge in [-0.1, -0.05) is 18.0 Å². The van der Waals surface area contributed by atoms with Crippen LogP contribution in [0.3, 0.4) is 0 Å². The van der Waals surface area contributed by atoms with Crippen molar-refractivity contribution < 1.29 is 0 Å². The minimum Gasteiger partial charge on any atom is -0.336 e. The van der Waals surface area contributed by atoms with Crippen molar-refractivity contribution in [3.8, 4) is 0 Å². The fourth-order valence-electron chi connectivity index (χ4n) is 3.39. The Bertz CT molecular complexity index is 701. The standard InChI is InChI=1S/C17H19ClN4/c18-16-14-11-22(9-7-12(14)6-8-19-16)17-20-10-13-4-2-1-3-5-15(13)21-17/h6,8,10H,1-5,7,9,11H2. The van der Waals surface area contributed by atoms with E-state index in [0.29, 0.717) is 5.15 Å². The molecule has 1 aliphatic carbocycles. The topological polar surface area (TPSA) is 41.9 Å². The Morgan fingerprint density at radius 1 is 1.00 bits per heavy atom. The summed E-state index contributed by atoms with van der Waals surface area (Å²) in [6.07, 6.45) is 10.8. The zero-order valence-electron chi connectivity index (χ0n) is 12.6. The van der Waals surface area contributed by atoms with Crippen LogP contribution in [0.25, 0.3) is 0 Å². The smallest absolute Gasteiger partial charge is 0.225 e. The van der Waals surface area contributed by atoms with Crippen molar-refractivity contribution >= 4 is 17.5 Å². The largest absolute Gasteiger partial charge is 0.336 e. The molecule has 4 rings (SSSR count). The molecule has 114 valence electrons. The van der Waals surface area contributed by atoms with Crippen LogP contribution in [0, 0.1) is 0 Å². The lowest BCUT2D eigenvalue weighted by Crippen LogP contribution is -2.32. The maximum atomic E-state index is 6.25. The first-order chi connectivity index (χ1) is 10.8. The molecule has 4 nitrogen and oxygen atoms in total. The van der Waals surface area contributed by atoms with Crippen LogP contribution in [-0.2, 0) is 25.8 Å². The summed E-state index contributed by atoms with van der Waals surface area (Å²) in [4.78, 5) is 15.9. The van der Waals surface area contributed by atoms with Gasteiger partial charge < -0.3 is 4.90 Å². The van der Waals surface area contributed by atoms with Gasteiger partial charge in [-0.05, 0) is 49.3 Å². The van der Waals surface area contributed by atoms with Crippen LogP contribution >= 0.6 is 11.6 Å². The quantitative estimate of drug-likeness (QED) is 0.598. The van der Waals surface area contributed by atoms with Crippen LogP contribution in [0.4, 0.5) is 5.95 Å². The predicted octanol–water partition coefficient (Wildman–Crippen LogP) is 3.36. The van der Waals surface area contributed by atoms with E-state index in [1.165, 1.54) is 36.1 Å². The second-order valence-electron chi connectivity index (χ2n) is 6.11. The minimum atomic E-state index is 0.608. The van der Waals surface area contributed by atoms with Gasteiger partial charge in [-0.3, -0.25) is 0 Å². The average molecular weight is 315 g/mol. The zero-order valence-corrected chi connectivity index (χ0v) is 13.3. The first-order valence-corrected chi connectivity index (χ1v) is 8.41. The highest BCUT2D eigenvalue weighted by molar-refractivity contribution is 6.30. The van der Waals surface area contributed by atoms with Gasteiger partial charge in [-0.25, -0.2) is 15.0 Å². The molecule has 2 aromatic heterocycles. The molecule has 1 aliphatic heterocycles. The number of aryl methyl sites for hydroxylation is 2. The molecule has 0 saturated heterocycles. The number of hydrogen-bond acceptors (Lipinski definition) is 4. The van der Waals surface area contributed by atoms with E-state index in [-0.39, 0.29) is 0 Å². The van der Waals surface area contributed by atoms with Crippen LogP contribution in [0.2, 0.25) is 5.15 Å². The van der Waals surface area contributed by atoms with Gasteiger partial charge in [-0.2, -0.15) is 0 Å². The number of anilines is 1. The summed E-state index contributed by atoms with van der Waals surface area (Å²) in [7, 11) is 0. The van der Waals surface area contributed by atoms with Gasteiger partial charge in [0.1, 0.15) is 5.15 Å². The van der Waals surface area contributed by atoms with E-state index in [1.54, 1.807) is 6.20 Å². The van der Waals surface area contributed by atoms with E-state index in [1.807, 2.05) is 6.20 Å². The molecule has 0 radical (unpaired) electrons. The summed E-state index contributed by atoms with van der Waals surface area (Å²) in [6.45, 7) is 1.69. The second kappa shape index (κ2) is 5.84. The molecule has 0 fully saturated rings. The first kappa shape index (κ1) is 13.9. The SMILES string of the molecule is Clc1nccc2c1CN(c1ncc3c(n1)CCCCC3)CC2. The fraction of sp³-hybridized carbons (Fsp3) is 0.471. The lowest BCUT2D eigenvalue weighted by atomic mass is 10.0. The molecule has 3 heterocycles. The molecular weight excluding hydrogens is 296 g/mol. The molecule has 0 unspecified atom stereocenters. The van der Waals surface area contributed by atoms with Crippen molar-refractivity contribution in [2.24, 2.45) is 0 Å². The number of nitrogens with zero attached hydrogens (tertiary/aromatic N) is 4. The number of hydrogen-bond donors (Lipinski definition) is 0. The Hall–Kier alpha value is -1.68. The molecule has 22 heavy (non-hydrogen) atoms. The van der Waals surface area contributed by atoms with E-state index in [2.05, 4.69) is 20.9 Å². The molecule has 0 N–H and O–H groups in total. The molecular formula is C17H19ClN4. The Kier molecular flexibility index (Phi) is 3.70. The zero-order chi connectivity index (χ0) is 14.9. The fourth-order valence-corrected chi connectivity index (χ4v) is 3.63. The van der Waals surface area contributed by atoms with Crippen molar-refractivity contribution in [2.75, 3.05) is 11.4 Å². The Labute approximate surface area is 135 Å². The molecule has 0 bridgehead atoms. The summed E-state index contributed by atoms with van der Waals surface area (Å²) in [5.41, 5.74) is 4.99. The van der Waals surface area contributed by atoms with Gasteiger partial charge in [0.05, 0.1) is 0 Å². The maximum absolute atomic E-state index is 6.25. The van der Waals surface area contributed by atoms with Gasteiger partial charge in [0, 0.05) is 36.7 Å². The molecule has 0 amide bonds. The Morgan fingerprint density at radius 3 is 2.86 bits per heavy atom. The van der Waals surface area contributed by atoms with E-state index >= 15 is 0 Å².